The van der Waals surface area contributed by atoms with E-state index in [1.54, 1.807) is 25.5 Å². The number of phenolic OH excluding ortho intramolecular Hbond substituents is 1. The van der Waals surface area contributed by atoms with E-state index in [1.807, 2.05) is 31.2 Å². The lowest BCUT2D eigenvalue weighted by Gasteiger charge is -2.06. The Bertz CT molecular complexity index is 1350. The van der Waals surface area contributed by atoms with E-state index >= 15 is 0 Å². The van der Waals surface area contributed by atoms with Gasteiger partial charge in [-0.05, 0) is 42.8 Å². The van der Waals surface area contributed by atoms with Crippen molar-refractivity contribution in [1.82, 2.24) is 20.0 Å². The zero-order valence-corrected chi connectivity index (χ0v) is 18.3. The standard InChI is InChI=1S/C23H24N6O4/c1-3-33-18-12-14(8-9-17(18)30)13-26-29-21(24)19(23(31)25-10-11-32-2)20-22(29)28-16-7-5-4-6-15(16)27-20/h4-9,12-13,30H,3,10-11,24H2,1-2H3,(H,25,31)/b26-13-. The lowest BCUT2D eigenvalue weighted by molar-refractivity contribution is 0.0939. The molecule has 0 fully saturated rings. The highest BCUT2D eigenvalue weighted by Gasteiger charge is 2.23. The molecule has 0 radical (unpaired) electrons. The zero-order chi connectivity index (χ0) is 23.4. The molecule has 0 atom stereocenters. The van der Waals surface area contributed by atoms with Crippen LogP contribution in [0, 0.1) is 0 Å². The normalized spacial score (nSPS) is 11.5. The number of methoxy groups -OCH3 is 1. The minimum Gasteiger partial charge on any atom is -0.504 e. The number of anilines is 1. The maximum Gasteiger partial charge on any atom is 0.257 e. The van der Waals surface area contributed by atoms with E-state index in [0.717, 1.165) is 0 Å². The van der Waals surface area contributed by atoms with E-state index < -0.39 is 5.91 Å². The number of para-hydroxylation sites is 2. The molecule has 33 heavy (non-hydrogen) atoms. The molecule has 0 aliphatic heterocycles. The van der Waals surface area contributed by atoms with Crippen LogP contribution in [0.15, 0.2) is 47.6 Å². The van der Waals surface area contributed by atoms with Crippen molar-refractivity contribution in [3.63, 3.8) is 0 Å². The number of nitrogen functional groups attached to an aromatic ring is 1. The van der Waals surface area contributed by atoms with Gasteiger partial charge >= 0.3 is 0 Å². The van der Waals surface area contributed by atoms with Crippen molar-refractivity contribution >= 4 is 40.1 Å². The van der Waals surface area contributed by atoms with E-state index in [1.165, 1.54) is 10.7 Å². The van der Waals surface area contributed by atoms with Gasteiger partial charge in [0.1, 0.15) is 16.9 Å². The second-order valence-electron chi connectivity index (χ2n) is 7.11. The van der Waals surface area contributed by atoms with E-state index in [9.17, 15) is 9.90 Å². The third-order valence-electron chi connectivity index (χ3n) is 4.90. The van der Waals surface area contributed by atoms with Crippen LogP contribution in [-0.4, -0.2) is 58.7 Å². The lowest BCUT2D eigenvalue weighted by Crippen LogP contribution is -2.27. The van der Waals surface area contributed by atoms with Gasteiger partial charge < -0.3 is 25.6 Å². The summed E-state index contributed by atoms with van der Waals surface area (Å²) < 4.78 is 11.8. The van der Waals surface area contributed by atoms with Gasteiger partial charge in [0.2, 0.25) is 0 Å². The van der Waals surface area contributed by atoms with Gasteiger partial charge in [0.05, 0.1) is 30.5 Å². The predicted molar refractivity (Wildman–Crippen MR) is 126 cm³/mol. The van der Waals surface area contributed by atoms with Gasteiger partial charge in [-0.1, -0.05) is 12.1 Å². The van der Waals surface area contributed by atoms with Gasteiger partial charge in [0.15, 0.2) is 17.1 Å². The highest BCUT2D eigenvalue weighted by Crippen LogP contribution is 2.29. The molecule has 0 spiro atoms. The highest BCUT2D eigenvalue weighted by molar-refractivity contribution is 6.10. The fraction of sp³-hybridized carbons (Fsp3) is 0.217. The van der Waals surface area contributed by atoms with E-state index in [-0.39, 0.29) is 17.1 Å². The summed E-state index contributed by atoms with van der Waals surface area (Å²) in [4.78, 5) is 22.2. The number of hydrogen-bond acceptors (Lipinski definition) is 8. The molecule has 4 N–H and O–H groups in total. The van der Waals surface area contributed by atoms with Crippen LogP contribution < -0.4 is 15.8 Å². The minimum atomic E-state index is -0.392. The average Bonchev–Trinajstić information content (AvgIpc) is 3.08. The molecule has 0 saturated heterocycles. The van der Waals surface area contributed by atoms with E-state index in [2.05, 4.69) is 20.4 Å². The zero-order valence-electron chi connectivity index (χ0n) is 18.3. The van der Waals surface area contributed by atoms with Crippen LogP contribution in [0.4, 0.5) is 5.82 Å². The molecule has 10 heteroatoms. The van der Waals surface area contributed by atoms with Crippen LogP contribution in [0.25, 0.3) is 22.2 Å². The molecule has 1 amide bonds. The monoisotopic (exact) mass is 448 g/mol. The number of fused-ring (bicyclic) bond motifs is 2. The number of nitrogens with one attached hydrogen (secondary N) is 1. The van der Waals surface area contributed by atoms with Crippen molar-refractivity contribution in [2.24, 2.45) is 5.10 Å². The predicted octanol–water partition coefficient (Wildman–Crippen LogP) is 2.53. The Labute approximate surface area is 189 Å². The van der Waals surface area contributed by atoms with Gasteiger partial charge in [-0.3, -0.25) is 4.79 Å². The number of benzene rings is 2. The summed E-state index contributed by atoms with van der Waals surface area (Å²) in [6.45, 7) is 2.92. The summed E-state index contributed by atoms with van der Waals surface area (Å²) in [5.41, 5.74) is 9.20. The fourth-order valence-electron chi connectivity index (χ4n) is 3.35. The van der Waals surface area contributed by atoms with Crippen LogP contribution in [0.1, 0.15) is 22.8 Å². The number of nitrogens with zero attached hydrogens (tertiary/aromatic N) is 4. The maximum absolute atomic E-state index is 12.9. The first-order valence-electron chi connectivity index (χ1n) is 10.4. The van der Waals surface area contributed by atoms with Crippen LogP contribution >= 0.6 is 0 Å². The number of aromatic nitrogens is 3. The maximum atomic E-state index is 12.9. The van der Waals surface area contributed by atoms with Gasteiger partial charge in [-0.15, -0.1) is 0 Å². The van der Waals surface area contributed by atoms with Crippen molar-refractivity contribution in [2.75, 3.05) is 32.6 Å². The molecule has 170 valence electrons. The molecular formula is C23H24N6O4. The third kappa shape index (κ3) is 4.41. The first-order chi connectivity index (χ1) is 16.0. The molecule has 10 nitrogen and oxygen atoms in total. The molecule has 0 aliphatic carbocycles. The quantitative estimate of drug-likeness (QED) is 0.278. The largest absolute Gasteiger partial charge is 0.504 e. The van der Waals surface area contributed by atoms with E-state index in [0.29, 0.717) is 53.3 Å². The molecule has 4 aromatic rings. The summed E-state index contributed by atoms with van der Waals surface area (Å²) in [5.74, 6) is 0.0923. The van der Waals surface area contributed by atoms with Crippen molar-refractivity contribution in [3.05, 3.63) is 53.6 Å². The topological polar surface area (TPSA) is 137 Å². The number of amides is 1. The van der Waals surface area contributed by atoms with Crippen LogP contribution in [0.2, 0.25) is 0 Å². The number of nitrogens with two attached hydrogens (primary N) is 1. The molecule has 4 rings (SSSR count). The number of ether oxygens (including phenoxy) is 2. The summed E-state index contributed by atoms with van der Waals surface area (Å²) in [5, 5.41) is 17.2. The molecular weight excluding hydrogens is 424 g/mol. The number of carbonyl (C=O) groups is 1. The van der Waals surface area contributed by atoms with E-state index in [4.69, 9.17) is 15.2 Å². The molecule has 0 saturated carbocycles. The minimum absolute atomic E-state index is 0.0345. The van der Waals surface area contributed by atoms with Gasteiger partial charge in [-0.2, -0.15) is 9.78 Å². The second-order valence-corrected chi connectivity index (χ2v) is 7.11. The first-order valence-corrected chi connectivity index (χ1v) is 10.4. The smallest absolute Gasteiger partial charge is 0.257 e. The molecule has 0 unspecified atom stereocenters. The molecule has 2 aromatic carbocycles. The third-order valence-corrected chi connectivity index (χ3v) is 4.90. The molecule has 2 heterocycles. The Hall–Kier alpha value is -4.18. The molecule has 0 aliphatic rings. The molecule has 0 bridgehead atoms. The summed E-state index contributed by atoms with van der Waals surface area (Å²) >= 11 is 0. The van der Waals surface area contributed by atoms with Crippen molar-refractivity contribution in [2.45, 2.75) is 6.92 Å². The summed E-state index contributed by atoms with van der Waals surface area (Å²) in [6.07, 6.45) is 1.54. The Morgan fingerprint density at radius 1 is 1.24 bits per heavy atom. The number of phenols is 1. The number of carbonyl (C=O) groups excluding carboxylic acids is 1. The second kappa shape index (κ2) is 9.53. The lowest BCUT2D eigenvalue weighted by atomic mass is 10.2. The number of rotatable bonds is 8. The number of hydrogen-bond donors (Lipinski definition) is 3. The SMILES string of the molecule is CCOc1cc(/C=N\n2c(N)c(C(=O)NCCOC)c3nc4ccccc4nc32)ccc1O. The van der Waals surface area contributed by atoms with Crippen molar-refractivity contribution < 1.29 is 19.4 Å². The Balaban J connectivity index is 1.82. The van der Waals surface area contributed by atoms with Crippen molar-refractivity contribution in [3.8, 4) is 11.5 Å². The molecule has 2 aromatic heterocycles. The van der Waals surface area contributed by atoms with Crippen LogP contribution in [-0.2, 0) is 4.74 Å². The summed E-state index contributed by atoms with van der Waals surface area (Å²) in [6, 6.07) is 12.2. The fourth-order valence-corrected chi connectivity index (χ4v) is 3.35. The van der Waals surface area contributed by atoms with Gasteiger partial charge in [-0.25, -0.2) is 9.97 Å². The Morgan fingerprint density at radius 2 is 2.00 bits per heavy atom. The van der Waals surface area contributed by atoms with Crippen molar-refractivity contribution in [1.29, 1.82) is 0 Å². The highest BCUT2D eigenvalue weighted by atomic mass is 16.5. The van der Waals surface area contributed by atoms with Crippen LogP contribution in [0.3, 0.4) is 0 Å². The van der Waals surface area contributed by atoms with Gasteiger partial charge in [0.25, 0.3) is 5.91 Å². The van der Waals surface area contributed by atoms with Gasteiger partial charge in [0, 0.05) is 13.7 Å². The number of aromatic hydroxyl groups is 1. The Kier molecular flexibility index (Phi) is 6.36. The van der Waals surface area contributed by atoms with Crippen LogP contribution in [0.5, 0.6) is 11.5 Å². The first kappa shape index (κ1) is 22.0. The average molecular weight is 448 g/mol. The Morgan fingerprint density at radius 3 is 2.73 bits per heavy atom. The summed E-state index contributed by atoms with van der Waals surface area (Å²) in [7, 11) is 1.55.